The van der Waals surface area contributed by atoms with Crippen LogP contribution in [-0.2, 0) is 6.42 Å². The van der Waals surface area contributed by atoms with Crippen LogP contribution in [0.1, 0.15) is 29.9 Å². The molecule has 2 rings (SSSR count). The predicted octanol–water partition coefficient (Wildman–Crippen LogP) is 1.43. The van der Waals surface area contributed by atoms with Gasteiger partial charge in [-0.05, 0) is 30.4 Å². The van der Waals surface area contributed by atoms with Crippen LogP contribution in [0.5, 0.6) is 0 Å². The van der Waals surface area contributed by atoms with Crippen molar-refractivity contribution >= 4 is 0 Å². The molecule has 1 aliphatic carbocycles. The molecule has 1 aromatic carbocycles. The van der Waals surface area contributed by atoms with Crippen LogP contribution in [0.2, 0.25) is 0 Å². The fourth-order valence-corrected chi connectivity index (χ4v) is 2.36. The smallest absolute Gasteiger partial charge is 0.0730 e. The number of rotatable bonds is 2. The van der Waals surface area contributed by atoms with Gasteiger partial charge >= 0.3 is 0 Å². The fourth-order valence-electron chi connectivity index (χ4n) is 2.36. The summed E-state index contributed by atoms with van der Waals surface area (Å²) >= 11 is 0. The summed E-state index contributed by atoms with van der Waals surface area (Å²) in [6.45, 7) is 0.360. The molecule has 2 heteroatoms. The first-order valence-corrected chi connectivity index (χ1v) is 5.29. The van der Waals surface area contributed by atoms with Gasteiger partial charge in [0.15, 0.2) is 0 Å². The zero-order valence-electron chi connectivity index (χ0n) is 8.32. The van der Waals surface area contributed by atoms with Crippen LogP contribution in [0, 0.1) is 0 Å². The second-order valence-corrected chi connectivity index (χ2v) is 4.00. The van der Waals surface area contributed by atoms with E-state index in [0.717, 1.165) is 12.8 Å². The third kappa shape index (κ3) is 1.68. The second kappa shape index (κ2) is 4.11. The van der Waals surface area contributed by atoms with Crippen molar-refractivity contribution in [2.75, 3.05) is 6.54 Å². The van der Waals surface area contributed by atoms with E-state index in [1.54, 1.807) is 0 Å². The molecule has 0 spiro atoms. The number of nitrogens with two attached hydrogens (primary N) is 1. The number of benzene rings is 1. The van der Waals surface area contributed by atoms with Crippen LogP contribution in [-0.4, -0.2) is 17.8 Å². The number of aliphatic hydroxyl groups is 1. The molecular weight excluding hydrogens is 174 g/mol. The molecule has 2 nitrogen and oxygen atoms in total. The lowest BCUT2D eigenvalue weighted by atomic mass is 9.80. The second-order valence-electron chi connectivity index (χ2n) is 4.00. The van der Waals surface area contributed by atoms with Gasteiger partial charge in [0.2, 0.25) is 0 Å². The number of hydrogen-bond donors (Lipinski definition) is 2. The molecule has 1 unspecified atom stereocenters. The summed E-state index contributed by atoms with van der Waals surface area (Å²) in [4.78, 5) is 0. The van der Waals surface area contributed by atoms with Gasteiger partial charge in [-0.2, -0.15) is 0 Å². The van der Waals surface area contributed by atoms with Gasteiger partial charge in [0.1, 0.15) is 0 Å². The molecule has 0 bridgehead atoms. The molecule has 14 heavy (non-hydrogen) atoms. The Hall–Kier alpha value is -0.860. The van der Waals surface area contributed by atoms with Crippen molar-refractivity contribution in [2.24, 2.45) is 5.73 Å². The molecule has 0 saturated heterocycles. The molecule has 0 fully saturated rings. The molecule has 0 saturated carbocycles. The minimum Gasteiger partial charge on any atom is -0.391 e. The first-order chi connectivity index (χ1) is 6.83. The maximum Gasteiger partial charge on any atom is 0.0730 e. The molecule has 0 aliphatic heterocycles. The molecule has 0 heterocycles. The van der Waals surface area contributed by atoms with Gasteiger partial charge in [0, 0.05) is 12.5 Å². The molecule has 76 valence electrons. The van der Waals surface area contributed by atoms with Crippen molar-refractivity contribution in [1.29, 1.82) is 0 Å². The van der Waals surface area contributed by atoms with Crippen LogP contribution in [0.25, 0.3) is 0 Å². The highest BCUT2D eigenvalue weighted by Crippen LogP contribution is 2.33. The molecular formula is C12H17NO. The van der Waals surface area contributed by atoms with E-state index < -0.39 is 0 Å². The number of hydrogen-bond acceptors (Lipinski definition) is 2. The van der Waals surface area contributed by atoms with Gasteiger partial charge in [0.05, 0.1) is 6.10 Å². The molecule has 3 N–H and O–H groups in total. The van der Waals surface area contributed by atoms with Crippen LogP contribution in [0.3, 0.4) is 0 Å². The van der Waals surface area contributed by atoms with Crippen LogP contribution in [0.4, 0.5) is 0 Å². The van der Waals surface area contributed by atoms with Crippen molar-refractivity contribution < 1.29 is 5.11 Å². The SMILES string of the molecule is NC[C@@H](O)C1CCCc2ccccc21. The van der Waals surface area contributed by atoms with Gasteiger partial charge in [-0.15, -0.1) is 0 Å². The Morgan fingerprint density at radius 1 is 1.43 bits per heavy atom. The van der Waals surface area contributed by atoms with Gasteiger partial charge in [-0.25, -0.2) is 0 Å². The van der Waals surface area contributed by atoms with E-state index in [4.69, 9.17) is 5.73 Å². The van der Waals surface area contributed by atoms with E-state index >= 15 is 0 Å². The van der Waals surface area contributed by atoms with Gasteiger partial charge in [-0.3, -0.25) is 0 Å². The number of aliphatic hydroxyl groups excluding tert-OH is 1. The lowest BCUT2D eigenvalue weighted by Gasteiger charge is -2.28. The van der Waals surface area contributed by atoms with Crippen LogP contribution < -0.4 is 5.73 Å². The normalized spacial score (nSPS) is 22.9. The summed E-state index contributed by atoms with van der Waals surface area (Å²) in [5.74, 6) is 0.255. The maximum absolute atomic E-state index is 9.80. The van der Waals surface area contributed by atoms with Crippen molar-refractivity contribution in [3.63, 3.8) is 0 Å². The van der Waals surface area contributed by atoms with E-state index in [0.29, 0.717) is 6.54 Å². The largest absolute Gasteiger partial charge is 0.391 e. The number of fused-ring (bicyclic) bond motifs is 1. The third-order valence-electron chi connectivity index (χ3n) is 3.12. The molecule has 0 amide bonds. The Bertz CT molecular complexity index is 311. The monoisotopic (exact) mass is 191 g/mol. The molecule has 1 aromatic rings. The molecule has 1 aliphatic rings. The zero-order chi connectivity index (χ0) is 9.97. The Morgan fingerprint density at radius 2 is 2.21 bits per heavy atom. The summed E-state index contributed by atoms with van der Waals surface area (Å²) in [6, 6.07) is 8.39. The fraction of sp³-hybridized carbons (Fsp3) is 0.500. The lowest BCUT2D eigenvalue weighted by Crippen LogP contribution is -2.29. The summed E-state index contributed by atoms with van der Waals surface area (Å²) < 4.78 is 0. The summed E-state index contributed by atoms with van der Waals surface area (Å²) in [6.07, 6.45) is 2.99. The van der Waals surface area contributed by atoms with Gasteiger partial charge < -0.3 is 10.8 Å². The van der Waals surface area contributed by atoms with Gasteiger partial charge in [0.25, 0.3) is 0 Å². The zero-order valence-corrected chi connectivity index (χ0v) is 8.32. The molecule has 0 radical (unpaired) electrons. The molecule has 2 atom stereocenters. The minimum absolute atomic E-state index is 0.255. The average molecular weight is 191 g/mol. The van der Waals surface area contributed by atoms with E-state index in [9.17, 15) is 5.11 Å². The Morgan fingerprint density at radius 3 is 3.00 bits per heavy atom. The highest BCUT2D eigenvalue weighted by molar-refractivity contribution is 5.33. The van der Waals surface area contributed by atoms with E-state index in [-0.39, 0.29) is 12.0 Å². The van der Waals surface area contributed by atoms with Crippen molar-refractivity contribution in [3.05, 3.63) is 35.4 Å². The first-order valence-electron chi connectivity index (χ1n) is 5.29. The maximum atomic E-state index is 9.80. The highest BCUT2D eigenvalue weighted by atomic mass is 16.3. The Balaban J connectivity index is 2.30. The lowest BCUT2D eigenvalue weighted by molar-refractivity contribution is 0.142. The van der Waals surface area contributed by atoms with Crippen molar-refractivity contribution in [2.45, 2.75) is 31.3 Å². The summed E-state index contributed by atoms with van der Waals surface area (Å²) in [5.41, 5.74) is 8.20. The minimum atomic E-state index is -0.378. The van der Waals surface area contributed by atoms with Crippen molar-refractivity contribution in [1.82, 2.24) is 0 Å². The average Bonchev–Trinajstić information content (AvgIpc) is 2.27. The Labute approximate surface area is 84.7 Å². The third-order valence-corrected chi connectivity index (χ3v) is 3.12. The van der Waals surface area contributed by atoms with Crippen LogP contribution >= 0.6 is 0 Å². The number of aryl methyl sites for hydroxylation is 1. The van der Waals surface area contributed by atoms with Gasteiger partial charge in [-0.1, -0.05) is 24.3 Å². The topological polar surface area (TPSA) is 46.2 Å². The predicted molar refractivity (Wildman–Crippen MR) is 57.2 cm³/mol. The van der Waals surface area contributed by atoms with Crippen molar-refractivity contribution in [3.8, 4) is 0 Å². The van der Waals surface area contributed by atoms with Crippen LogP contribution in [0.15, 0.2) is 24.3 Å². The highest BCUT2D eigenvalue weighted by Gasteiger charge is 2.24. The molecule has 0 aromatic heterocycles. The first kappa shape index (κ1) is 9.69. The summed E-state index contributed by atoms with van der Waals surface area (Å²) in [5, 5.41) is 9.80. The quantitative estimate of drug-likeness (QED) is 0.742. The standard InChI is InChI=1S/C12H17NO/c13-8-12(14)11-7-3-5-9-4-1-2-6-10(9)11/h1-2,4,6,11-12,14H,3,5,7-8,13H2/t11?,12-/m1/s1. The van der Waals surface area contributed by atoms with E-state index in [2.05, 4.69) is 18.2 Å². The van der Waals surface area contributed by atoms with E-state index in [1.807, 2.05) is 6.07 Å². The summed E-state index contributed by atoms with van der Waals surface area (Å²) in [7, 11) is 0. The van der Waals surface area contributed by atoms with E-state index in [1.165, 1.54) is 17.5 Å². The Kier molecular flexibility index (Phi) is 2.85.